The number of carbonyl (C=O) groups excluding carboxylic acids is 4. The number of esters is 3. The highest BCUT2D eigenvalue weighted by Crippen LogP contribution is 2.41. The molecule has 1 unspecified atom stereocenters. The van der Waals surface area contributed by atoms with Gasteiger partial charge in [-0.1, -0.05) is 41.2 Å². The molecule has 0 amide bonds. The monoisotopic (exact) mass is 468 g/mol. The number of ketones is 1. The van der Waals surface area contributed by atoms with Gasteiger partial charge >= 0.3 is 17.9 Å². The fourth-order valence-corrected chi connectivity index (χ4v) is 4.22. The molecule has 8 atom stereocenters. The topological polar surface area (TPSA) is 136 Å². The van der Waals surface area contributed by atoms with E-state index in [1.807, 2.05) is 0 Å². The summed E-state index contributed by atoms with van der Waals surface area (Å²) in [4.78, 5) is 51.1. The van der Waals surface area contributed by atoms with Crippen molar-refractivity contribution in [3.63, 3.8) is 0 Å². The predicted octanol–water partition coefficient (Wildman–Crippen LogP) is 1.72. The summed E-state index contributed by atoms with van der Waals surface area (Å²) in [6.07, 6.45) is -5.11. The van der Waals surface area contributed by atoms with Gasteiger partial charge in [0, 0.05) is 17.9 Å². The minimum atomic E-state index is -1.82. The fourth-order valence-electron chi connectivity index (χ4n) is 4.22. The highest BCUT2D eigenvalue weighted by molar-refractivity contribution is 5.95. The minimum absolute atomic E-state index is 0.0180. The van der Waals surface area contributed by atoms with Crippen molar-refractivity contribution in [1.82, 2.24) is 0 Å². The molecule has 0 aromatic rings. The van der Waals surface area contributed by atoms with Crippen LogP contribution >= 0.6 is 0 Å². The Morgan fingerprint density at radius 3 is 2.36 bits per heavy atom. The maximum atomic E-state index is 13.4. The summed E-state index contributed by atoms with van der Waals surface area (Å²) in [5.74, 6) is -5.60. The molecule has 1 aliphatic carbocycles. The van der Waals surface area contributed by atoms with E-state index in [2.05, 4.69) is 6.58 Å². The maximum absolute atomic E-state index is 13.4. The normalized spacial score (nSPS) is 36.1. The van der Waals surface area contributed by atoms with Crippen molar-refractivity contribution in [2.75, 3.05) is 0 Å². The zero-order valence-electron chi connectivity index (χ0n) is 20.2. The quantitative estimate of drug-likeness (QED) is 0.351. The van der Waals surface area contributed by atoms with Crippen LogP contribution in [0.25, 0.3) is 0 Å². The second kappa shape index (κ2) is 10.3. The molecule has 2 rings (SSSR count). The van der Waals surface area contributed by atoms with Crippen LogP contribution in [-0.4, -0.2) is 63.9 Å². The van der Waals surface area contributed by atoms with Crippen molar-refractivity contribution >= 4 is 23.7 Å². The van der Waals surface area contributed by atoms with Crippen LogP contribution in [0.5, 0.6) is 0 Å². The van der Waals surface area contributed by atoms with Crippen molar-refractivity contribution in [3.05, 3.63) is 12.2 Å². The second-order valence-electron chi connectivity index (χ2n) is 9.85. The van der Waals surface area contributed by atoms with E-state index in [4.69, 9.17) is 14.2 Å². The Balaban J connectivity index is 2.62. The molecule has 2 fully saturated rings. The first kappa shape index (κ1) is 27.0. The van der Waals surface area contributed by atoms with Gasteiger partial charge in [0.05, 0.1) is 23.9 Å². The van der Waals surface area contributed by atoms with Gasteiger partial charge in [0.25, 0.3) is 0 Å². The lowest BCUT2D eigenvalue weighted by Crippen LogP contribution is -2.57. The van der Waals surface area contributed by atoms with Gasteiger partial charge in [0.2, 0.25) is 0 Å². The molecule has 1 aliphatic heterocycles. The molecule has 0 spiro atoms. The van der Waals surface area contributed by atoms with Gasteiger partial charge < -0.3 is 24.4 Å². The number of fused-ring (bicyclic) bond motifs is 1. The fraction of sp³-hybridized carbons (Fsp3) is 0.750. The summed E-state index contributed by atoms with van der Waals surface area (Å²) in [6, 6.07) is 0. The van der Waals surface area contributed by atoms with Crippen LogP contribution in [0.2, 0.25) is 0 Å². The van der Waals surface area contributed by atoms with Crippen LogP contribution < -0.4 is 0 Å². The molecule has 2 N–H and O–H groups in total. The molecule has 1 saturated carbocycles. The van der Waals surface area contributed by atoms with Crippen LogP contribution in [0.15, 0.2) is 12.2 Å². The van der Waals surface area contributed by atoms with E-state index in [-0.39, 0.29) is 18.4 Å². The highest BCUT2D eigenvalue weighted by atomic mass is 16.6. The molecule has 0 aromatic heterocycles. The largest absolute Gasteiger partial charge is 0.455 e. The van der Waals surface area contributed by atoms with Gasteiger partial charge in [-0.25, -0.2) is 4.79 Å². The van der Waals surface area contributed by atoms with Crippen LogP contribution in [0.3, 0.4) is 0 Å². The first-order valence-corrected chi connectivity index (χ1v) is 11.5. The molecule has 0 aromatic carbocycles. The minimum Gasteiger partial charge on any atom is -0.455 e. The average Bonchev–Trinajstić information content (AvgIpc) is 3.00. The third kappa shape index (κ3) is 5.81. The number of aliphatic hydroxyl groups excluding tert-OH is 1. The first-order chi connectivity index (χ1) is 15.2. The zero-order valence-corrected chi connectivity index (χ0v) is 20.2. The Hall–Kier alpha value is -2.26. The maximum Gasteiger partial charge on any atom is 0.334 e. The summed E-state index contributed by atoms with van der Waals surface area (Å²) < 4.78 is 16.6. The van der Waals surface area contributed by atoms with Crippen molar-refractivity contribution in [1.29, 1.82) is 0 Å². The molecule has 9 nitrogen and oxygen atoms in total. The van der Waals surface area contributed by atoms with Gasteiger partial charge in [-0.05, 0) is 19.8 Å². The predicted molar refractivity (Wildman–Crippen MR) is 117 cm³/mol. The third-order valence-corrected chi connectivity index (χ3v) is 6.51. The molecule has 0 radical (unpaired) electrons. The van der Waals surface area contributed by atoms with Crippen molar-refractivity contribution in [3.8, 4) is 0 Å². The van der Waals surface area contributed by atoms with E-state index in [0.29, 0.717) is 6.42 Å². The van der Waals surface area contributed by atoms with Gasteiger partial charge in [0.15, 0.2) is 24.1 Å². The number of aliphatic hydroxyl groups is 2. The van der Waals surface area contributed by atoms with Crippen LogP contribution in [-0.2, 0) is 33.4 Å². The number of hydrogen-bond acceptors (Lipinski definition) is 9. The average molecular weight is 469 g/mol. The summed E-state index contributed by atoms with van der Waals surface area (Å²) in [5.41, 5.74) is -1.92. The van der Waals surface area contributed by atoms with E-state index >= 15 is 0 Å². The van der Waals surface area contributed by atoms with Gasteiger partial charge in [-0.15, -0.1) is 0 Å². The molecule has 1 heterocycles. The summed E-state index contributed by atoms with van der Waals surface area (Å²) in [7, 11) is 0. The molecule has 1 saturated heterocycles. The Morgan fingerprint density at radius 2 is 1.82 bits per heavy atom. The van der Waals surface area contributed by atoms with Crippen molar-refractivity contribution < 1.29 is 43.6 Å². The lowest BCUT2D eigenvalue weighted by Gasteiger charge is -2.41. The molecular formula is C24H36O9. The number of Topliss-reactive ketones (excluding diaryl/α,β-unsaturated/α-hetero) is 1. The lowest BCUT2D eigenvalue weighted by atomic mass is 9.75. The summed E-state index contributed by atoms with van der Waals surface area (Å²) in [6.45, 7) is 13.4. The van der Waals surface area contributed by atoms with E-state index in [9.17, 15) is 29.4 Å². The zero-order chi connectivity index (χ0) is 25.2. The molecule has 0 bridgehead atoms. The van der Waals surface area contributed by atoms with E-state index < -0.39 is 77.4 Å². The number of hydrogen-bond donors (Lipinski definition) is 2. The lowest BCUT2D eigenvalue weighted by molar-refractivity contribution is -0.199. The highest BCUT2D eigenvalue weighted by Gasteiger charge is 2.57. The molecule has 2 aliphatic rings. The van der Waals surface area contributed by atoms with Crippen LogP contribution in [0, 0.1) is 23.7 Å². The Morgan fingerprint density at radius 1 is 1.21 bits per heavy atom. The van der Waals surface area contributed by atoms with E-state index in [0.717, 1.165) is 0 Å². The number of carbonyl (C=O) groups is 4. The van der Waals surface area contributed by atoms with Crippen molar-refractivity contribution in [2.24, 2.45) is 23.7 Å². The van der Waals surface area contributed by atoms with Gasteiger partial charge in [0.1, 0.15) is 5.60 Å². The SMILES string of the molecule is C=C1C(=O)O[C@@H]2[C@@H]1[C@H](OC(=O)C(C)CC)C(=O)[C@@H](C)C[C@H](O)C[C@](C)(O)[C@H]2OC(=O)C(C)C. The number of ether oxygens (including phenoxy) is 3. The third-order valence-electron chi connectivity index (χ3n) is 6.51. The molecule has 186 valence electrons. The standard InChI is InChI=1S/C24H36O9/c1-8-12(4)22(28)31-18-16-14(6)23(29)32-19(16)20(33-21(27)11(2)3)24(7,30)10-15(25)9-13(5)17(18)26/h11-13,15-16,18-20,25,30H,6,8-10H2,1-5,7H3/t12?,13-,15-,16-,18-,19+,20-,24-/m0/s1. The Kier molecular flexibility index (Phi) is 8.46. The summed E-state index contributed by atoms with van der Waals surface area (Å²) in [5, 5.41) is 21.8. The van der Waals surface area contributed by atoms with Crippen LogP contribution in [0.1, 0.15) is 60.8 Å². The molecular weight excluding hydrogens is 432 g/mol. The number of rotatable bonds is 5. The first-order valence-electron chi connectivity index (χ1n) is 11.5. The van der Waals surface area contributed by atoms with E-state index in [1.165, 1.54) is 6.92 Å². The Bertz CT molecular complexity index is 800. The summed E-state index contributed by atoms with van der Waals surface area (Å²) >= 11 is 0. The smallest absolute Gasteiger partial charge is 0.334 e. The Labute approximate surface area is 194 Å². The van der Waals surface area contributed by atoms with Crippen molar-refractivity contribution in [2.45, 2.75) is 90.8 Å². The molecule has 9 heteroatoms. The van der Waals surface area contributed by atoms with E-state index in [1.54, 1.807) is 34.6 Å². The van der Waals surface area contributed by atoms with Gasteiger partial charge in [-0.3, -0.25) is 14.4 Å². The second-order valence-corrected chi connectivity index (χ2v) is 9.85. The molecule has 33 heavy (non-hydrogen) atoms. The van der Waals surface area contributed by atoms with Gasteiger partial charge in [-0.2, -0.15) is 0 Å². The van der Waals surface area contributed by atoms with Crippen LogP contribution in [0.4, 0.5) is 0 Å².